The van der Waals surface area contributed by atoms with Crippen molar-refractivity contribution in [2.75, 3.05) is 5.75 Å². The first-order valence-electron chi connectivity index (χ1n) is 6.39. The highest BCUT2D eigenvalue weighted by Crippen LogP contribution is 2.20. The van der Waals surface area contributed by atoms with Crippen LogP contribution >= 0.6 is 11.8 Å². The molecule has 1 aliphatic rings. The molecule has 1 heterocycles. The number of thioether (sulfide) groups is 1. The van der Waals surface area contributed by atoms with Crippen LogP contribution in [0.5, 0.6) is 5.75 Å². The molecule has 0 saturated carbocycles. The van der Waals surface area contributed by atoms with Gasteiger partial charge in [-0.25, -0.2) is 0 Å². The van der Waals surface area contributed by atoms with Gasteiger partial charge in [-0.05, 0) is 25.0 Å². The molecule has 4 nitrogen and oxygen atoms in total. The molecular weight excluding hydrogens is 262 g/mol. The van der Waals surface area contributed by atoms with Gasteiger partial charge in [-0.15, -0.1) is 0 Å². The van der Waals surface area contributed by atoms with E-state index in [1.807, 2.05) is 37.3 Å². The maximum absolute atomic E-state index is 12.1. The first kappa shape index (κ1) is 13.9. The lowest BCUT2D eigenvalue weighted by atomic mass is 10.2. The van der Waals surface area contributed by atoms with Gasteiger partial charge >= 0.3 is 0 Å². The minimum Gasteiger partial charge on any atom is -0.481 e. The zero-order valence-electron chi connectivity index (χ0n) is 10.8. The second-order valence-corrected chi connectivity index (χ2v) is 5.44. The molecule has 2 rings (SSSR count). The van der Waals surface area contributed by atoms with Crippen molar-refractivity contribution in [3.8, 4) is 5.75 Å². The summed E-state index contributed by atoms with van der Waals surface area (Å²) in [5.74, 6) is 1.23. The van der Waals surface area contributed by atoms with E-state index in [-0.39, 0.29) is 17.1 Å². The summed E-state index contributed by atoms with van der Waals surface area (Å²) >= 11 is 1.28. The molecule has 1 aliphatic heterocycles. The van der Waals surface area contributed by atoms with Gasteiger partial charge < -0.3 is 10.1 Å². The first-order chi connectivity index (χ1) is 9.20. The summed E-state index contributed by atoms with van der Waals surface area (Å²) in [6.07, 6.45) is 0.715. The fraction of sp³-hybridized carbons (Fsp3) is 0.429. The molecule has 0 aliphatic carbocycles. The molecule has 1 fully saturated rings. The van der Waals surface area contributed by atoms with Crippen molar-refractivity contribution in [1.29, 1.82) is 0 Å². The smallest absolute Gasteiger partial charge is 0.261 e. The Labute approximate surface area is 116 Å². The quantitative estimate of drug-likeness (QED) is 0.895. The third kappa shape index (κ3) is 3.73. The van der Waals surface area contributed by atoms with Gasteiger partial charge in [0.15, 0.2) is 6.10 Å². The van der Waals surface area contributed by atoms with Gasteiger partial charge in [-0.1, -0.05) is 36.9 Å². The number of rotatable bonds is 5. The lowest BCUT2D eigenvalue weighted by molar-refractivity contribution is -0.130. The van der Waals surface area contributed by atoms with Crippen molar-refractivity contribution < 1.29 is 14.3 Å². The number of ether oxygens (including phenoxy) is 1. The third-order valence-corrected chi connectivity index (χ3v) is 3.95. The number of carbonyl (C=O) groups excluding carboxylic acids is 2. The molecule has 0 bridgehead atoms. The summed E-state index contributed by atoms with van der Waals surface area (Å²) in [5.41, 5.74) is 0. The van der Waals surface area contributed by atoms with Crippen LogP contribution in [-0.4, -0.2) is 28.9 Å². The number of amides is 1. The molecule has 1 aromatic carbocycles. The molecule has 0 aromatic heterocycles. The Hall–Kier alpha value is -1.49. The minimum absolute atomic E-state index is 0.0444. The highest BCUT2D eigenvalue weighted by Gasteiger charge is 2.29. The highest BCUT2D eigenvalue weighted by molar-refractivity contribution is 8.14. The molecule has 1 amide bonds. The number of nitrogens with one attached hydrogen (secondary N) is 1. The largest absolute Gasteiger partial charge is 0.481 e. The van der Waals surface area contributed by atoms with Crippen LogP contribution in [0.25, 0.3) is 0 Å². The molecule has 0 spiro atoms. The van der Waals surface area contributed by atoms with Crippen LogP contribution in [0.2, 0.25) is 0 Å². The predicted octanol–water partition coefficient (Wildman–Crippen LogP) is 1.99. The number of benzene rings is 1. The van der Waals surface area contributed by atoms with Gasteiger partial charge in [0.1, 0.15) is 5.75 Å². The maximum Gasteiger partial charge on any atom is 0.261 e. The molecule has 2 atom stereocenters. The Balaban J connectivity index is 1.93. The van der Waals surface area contributed by atoms with E-state index in [1.54, 1.807) is 0 Å². The number of carbonyl (C=O) groups is 2. The topological polar surface area (TPSA) is 55.4 Å². The van der Waals surface area contributed by atoms with Crippen LogP contribution in [-0.2, 0) is 9.59 Å². The van der Waals surface area contributed by atoms with Gasteiger partial charge in [0.05, 0.1) is 6.04 Å². The van der Waals surface area contributed by atoms with E-state index in [9.17, 15) is 9.59 Å². The zero-order valence-corrected chi connectivity index (χ0v) is 11.6. The predicted molar refractivity (Wildman–Crippen MR) is 75.2 cm³/mol. The third-order valence-electron chi connectivity index (χ3n) is 2.94. The van der Waals surface area contributed by atoms with E-state index in [0.717, 1.165) is 5.75 Å². The van der Waals surface area contributed by atoms with Crippen LogP contribution in [0.4, 0.5) is 0 Å². The van der Waals surface area contributed by atoms with Crippen LogP contribution < -0.4 is 10.1 Å². The molecule has 19 heavy (non-hydrogen) atoms. The summed E-state index contributed by atoms with van der Waals surface area (Å²) in [6, 6.07) is 8.88. The van der Waals surface area contributed by atoms with Gasteiger partial charge in [0.2, 0.25) is 5.12 Å². The van der Waals surface area contributed by atoms with Crippen molar-refractivity contribution in [3.63, 3.8) is 0 Å². The monoisotopic (exact) mass is 279 g/mol. The van der Waals surface area contributed by atoms with Gasteiger partial charge in [0.25, 0.3) is 5.91 Å². The van der Waals surface area contributed by atoms with Gasteiger partial charge in [0, 0.05) is 5.75 Å². The number of para-hydroxylation sites is 1. The Morgan fingerprint density at radius 1 is 1.47 bits per heavy atom. The molecule has 1 N–H and O–H groups in total. The van der Waals surface area contributed by atoms with Gasteiger partial charge in [-0.2, -0.15) is 0 Å². The van der Waals surface area contributed by atoms with Crippen LogP contribution in [0.3, 0.4) is 0 Å². The highest BCUT2D eigenvalue weighted by atomic mass is 32.2. The summed E-state index contributed by atoms with van der Waals surface area (Å²) < 4.78 is 5.64. The normalized spacial score (nSPS) is 20.1. The summed E-state index contributed by atoms with van der Waals surface area (Å²) in [6.45, 7) is 1.89. The van der Waals surface area contributed by atoms with E-state index < -0.39 is 6.10 Å². The molecule has 0 unspecified atom stereocenters. The van der Waals surface area contributed by atoms with Crippen molar-refractivity contribution in [3.05, 3.63) is 30.3 Å². The SMILES string of the molecule is CC[C@H](Oc1ccccc1)C(=O)N[C@H]1CCSC1=O. The number of hydrogen-bond acceptors (Lipinski definition) is 4. The Kier molecular flexibility index (Phi) is 4.85. The Bertz CT molecular complexity index is 449. The molecule has 1 aromatic rings. The molecule has 5 heteroatoms. The maximum atomic E-state index is 12.1. The average molecular weight is 279 g/mol. The molecule has 0 radical (unpaired) electrons. The second kappa shape index (κ2) is 6.61. The molecule has 1 saturated heterocycles. The van der Waals surface area contributed by atoms with E-state index in [0.29, 0.717) is 18.6 Å². The van der Waals surface area contributed by atoms with E-state index in [1.165, 1.54) is 11.8 Å². The van der Waals surface area contributed by atoms with E-state index in [2.05, 4.69) is 5.32 Å². The average Bonchev–Trinajstić information content (AvgIpc) is 2.82. The van der Waals surface area contributed by atoms with Crippen molar-refractivity contribution in [1.82, 2.24) is 5.32 Å². The summed E-state index contributed by atoms with van der Waals surface area (Å²) in [5, 5.41) is 2.81. The Morgan fingerprint density at radius 3 is 2.79 bits per heavy atom. The van der Waals surface area contributed by atoms with Crippen molar-refractivity contribution in [2.24, 2.45) is 0 Å². The van der Waals surface area contributed by atoms with Crippen LogP contribution in [0.15, 0.2) is 30.3 Å². The number of hydrogen-bond donors (Lipinski definition) is 1. The van der Waals surface area contributed by atoms with Crippen molar-refractivity contribution in [2.45, 2.75) is 31.9 Å². The fourth-order valence-electron chi connectivity index (χ4n) is 1.88. The van der Waals surface area contributed by atoms with Crippen LogP contribution in [0.1, 0.15) is 19.8 Å². The molecular formula is C14H17NO3S. The van der Waals surface area contributed by atoms with E-state index in [4.69, 9.17) is 4.74 Å². The minimum atomic E-state index is -0.555. The standard InChI is InChI=1S/C14H17NO3S/c1-2-12(18-10-6-4-3-5-7-10)13(16)15-11-8-9-19-14(11)17/h3-7,11-12H,2,8-9H2,1H3,(H,15,16)/t11-,12-/m0/s1. The van der Waals surface area contributed by atoms with Crippen LogP contribution in [0, 0.1) is 0 Å². The molecule has 102 valence electrons. The van der Waals surface area contributed by atoms with E-state index >= 15 is 0 Å². The zero-order chi connectivity index (χ0) is 13.7. The fourth-order valence-corrected chi connectivity index (χ4v) is 2.81. The lowest BCUT2D eigenvalue weighted by Gasteiger charge is -2.19. The Morgan fingerprint density at radius 2 is 2.21 bits per heavy atom. The van der Waals surface area contributed by atoms with Crippen molar-refractivity contribution >= 4 is 22.8 Å². The van der Waals surface area contributed by atoms with Gasteiger partial charge in [-0.3, -0.25) is 9.59 Å². The second-order valence-electron chi connectivity index (χ2n) is 4.35. The first-order valence-corrected chi connectivity index (χ1v) is 7.38. The summed E-state index contributed by atoms with van der Waals surface area (Å²) in [4.78, 5) is 23.6. The lowest BCUT2D eigenvalue weighted by Crippen LogP contribution is -2.45. The summed E-state index contributed by atoms with van der Waals surface area (Å²) in [7, 11) is 0.